The lowest BCUT2D eigenvalue weighted by Crippen LogP contribution is -2.23. The van der Waals surface area contributed by atoms with Crippen molar-refractivity contribution in [1.82, 2.24) is 5.32 Å². The minimum atomic E-state index is -4.09. The molecule has 1 aromatic rings. The van der Waals surface area contributed by atoms with Crippen molar-refractivity contribution in [3.63, 3.8) is 0 Å². The van der Waals surface area contributed by atoms with Gasteiger partial charge in [0.1, 0.15) is 0 Å². The zero-order chi connectivity index (χ0) is 14.3. The summed E-state index contributed by atoms with van der Waals surface area (Å²) in [6, 6.07) is 7.68. The minimum Gasteiger partial charge on any atom is -0.310 e. The molecule has 108 valence electrons. The normalized spacial score (nSPS) is 13.5. The molecule has 0 saturated heterocycles. The number of alkyl halides is 3. The van der Waals surface area contributed by atoms with Crippen molar-refractivity contribution in [1.29, 1.82) is 0 Å². The number of hydrogen-bond acceptors (Lipinski definition) is 1. The molecule has 19 heavy (non-hydrogen) atoms. The largest absolute Gasteiger partial charge is 0.389 e. The van der Waals surface area contributed by atoms with Crippen LogP contribution in [0, 0.1) is 0 Å². The zero-order valence-electron chi connectivity index (χ0n) is 11.6. The van der Waals surface area contributed by atoms with Crippen LogP contribution in [0.1, 0.15) is 50.3 Å². The predicted octanol–water partition coefficient (Wildman–Crippen LogP) is 4.63. The molecule has 1 atom stereocenters. The lowest BCUT2D eigenvalue weighted by Gasteiger charge is -2.19. The Labute approximate surface area is 113 Å². The van der Waals surface area contributed by atoms with E-state index in [1.807, 2.05) is 31.2 Å². The lowest BCUT2D eigenvalue weighted by atomic mass is 9.99. The van der Waals surface area contributed by atoms with Crippen LogP contribution in [0.3, 0.4) is 0 Å². The second-order valence-electron chi connectivity index (χ2n) is 4.76. The molecule has 4 heteroatoms. The molecular weight excluding hydrogens is 251 g/mol. The van der Waals surface area contributed by atoms with E-state index >= 15 is 0 Å². The summed E-state index contributed by atoms with van der Waals surface area (Å²) in [6.07, 6.45) is -2.67. The Morgan fingerprint density at radius 1 is 1.11 bits per heavy atom. The van der Waals surface area contributed by atoms with Crippen LogP contribution >= 0.6 is 0 Å². The molecule has 0 radical (unpaired) electrons. The van der Waals surface area contributed by atoms with Gasteiger partial charge in [-0.3, -0.25) is 0 Å². The Morgan fingerprint density at radius 2 is 1.74 bits per heavy atom. The molecule has 0 bridgehead atoms. The summed E-state index contributed by atoms with van der Waals surface area (Å²) in [5, 5.41) is 3.12. The molecule has 0 amide bonds. The van der Waals surface area contributed by atoms with Crippen LogP contribution in [0.15, 0.2) is 24.3 Å². The van der Waals surface area contributed by atoms with Crippen LogP contribution in [0.2, 0.25) is 0 Å². The Hall–Kier alpha value is -1.03. The molecule has 1 nitrogen and oxygen atoms in total. The summed E-state index contributed by atoms with van der Waals surface area (Å²) in [4.78, 5) is 0. The number of benzene rings is 1. The van der Waals surface area contributed by atoms with E-state index in [2.05, 4.69) is 12.2 Å². The fourth-order valence-electron chi connectivity index (χ4n) is 2.15. The average molecular weight is 273 g/mol. The van der Waals surface area contributed by atoms with Crippen molar-refractivity contribution >= 4 is 0 Å². The SMILES string of the molecule is CCCc1ccc(C(CCC(F)(F)F)NCC)cc1. The summed E-state index contributed by atoms with van der Waals surface area (Å²) in [5.41, 5.74) is 2.17. The van der Waals surface area contributed by atoms with Gasteiger partial charge in [0, 0.05) is 12.5 Å². The van der Waals surface area contributed by atoms with Crippen molar-refractivity contribution in [2.45, 2.75) is 51.7 Å². The molecule has 0 fully saturated rings. The van der Waals surface area contributed by atoms with E-state index in [1.165, 1.54) is 5.56 Å². The first-order valence-electron chi connectivity index (χ1n) is 6.85. The van der Waals surface area contributed by atoms with Crippen molar-refractivity contribution in [3.05, 3.63) is 35.4 Å². The van der Waals surface area contributed by atoms with Crippen molar-refractivity contribution in [2.75, 3.05) is 6.54 Å². The highest BCUT2D eigenvalue weighted by atomic mass is 19.4. The molecule has 0 aliphatic heterocycles. The van der Waals surface area contributed by atoms with E-state index in [0.29, 0.717) is 6.54 Å². The predicted molar refractivity (Wildman–Crippen MR) is 72.1 cm³/mol. The highest BCUT2D eigenvalue weighted by molar-refractivity contribution is 5.25. The maximum atomic E-state index is 12.3. The van der Waals surface area contributed by atoms with Crippen molar-refractivity contribution < 1.29 is 13.2 Å². The zero-order valence-corrected chi connectivity index (χ0v) is 11.6. The topological polar surface area (TPSA) is 12.0 Å². The third kappa shape index (κ3) is 6.10. The van der Waals surface area contributed by atoms with Gasteiger partial charge in [-0.15, -0.1) is 0 Å². The van der Waals surface area contributed by atoms with Crippen LogP contribution in [-0.4, -0.2) is 12.7 Å². The van der Waals surface area contributed by atoms with Crippen LogP contribution in [0.5, 0.6) is 0 Å². The molecule has 0 aliphatic carbocycles. The van der Waals surface area contributed by atoms with Gasteiger partial charge in [-0.1, -0.05) is 44.5 Å². The number of aryl methyl sites for hydroxylation is 1. The highest BCUT2D eigenvalue weighted by Gasteiger charge is 2.28. The van der Waals surface area contributed by atoms with Gasteiger partial charge in [0.2, 0.25) is 0 Å². The maximum absolute atomic E-state index is 12.3. The van der Waals surface area contributed by atoms with E-state index in [0.717, 1.165) is 18.4 Å². The first-order chi connectivity index (χ1) is 8.96. The standard InChI is InChI=1S/C15H22F3N/c1-3-5-12-6-8-13(9-7-12)14(19-4-2)10-11-15(16,17)18/h6-9,14,19H,3-5,10-11H2,1-2H3. The third-order valence-corrected chi connectivity index (χ3v) is 3.09. The quantitative estimate of drug-likeness (QED) is 0.763. The Bertz CT molecular complexity index is 357. The second kappa shape index (κ2) is 7.53. The van der Waals surface area contributed by atoms with Crippen LogP contribution in [0.4, 0.5) is 13.2 Å². The van der Waals surface area contributed by atoms with Crippen LogP contribution in [0.25, 0.3) is 0 Å². The molecule has 1 aromatic carbocycles. The van der Waals surface area contributed by atoms with Crippen LogP contribution in [-0.2, 0) is 6.42 Å². The van der Waals surface area contributed by atoms with Gasteiger partial charge < -0.3 is 5.32 Å². The summed E-state index contributed by atoms with van der Waals surface area (Å²) in [7, 11) is 0. The van der Waals surface area contributed by atoms with Gasteiger partial charge in [0.15, 0.2) is 0 Å². The highest BCUT2D eigenvalue weighted by Crippen LogP contribution is 2.27. The van der Waals surface area contributed by atoms with Gasteiger partial charge in [0.05, 0.1) is 0 Å². The summed E-state index contributed by atoms with van der Waals surface area (Å²) >= 11 is 0. The van der Waals surface area contributed by atoms with E-state index in [1.54, 1.807) is 0 Å². The number of halogens is 3. The molecule has 1 rings (SSSR count). The molecular formula is C15H22F3N. The monoisotopic (exact) mass is 273 g/mol. The molecule has 0 spiro atoms. The Balaban J connectivity index is 2.69. The fraction of sp³-hybridized carbons (Fsp3) is 0.600. The molecule has 1 N–H and O–H groups in total. The smallest absolute Gasteiger partial charge is 0.310 e. The van der Waals surface area contributed by atoms with Gasteiger partial charge in [-0.05, 0) is 30.5 Å². The number of hydrogen-bond donors (Lipinski definition) is 1. The molecule has 0 aliphatic rings. The fourth-order valence-corrected chi connectivity index (χ4v) is 2.15. The van der Waals surface area contributed by atoms with Gasteiger partial charge in [-0.25, -0.2) is 0 Å². The molecule has 0 saturated carbocycles. The van der Waals surface area contributed by atoms with Crippen LogP contribution < -0.4 is 5.32 Å². The first-order valence-corrected chi connectivity index (χ1v) is 6.85. The van der Waals surface area contributed by atoms with E-state index in [-0.39, 0.29) is 12.5 Å². The van der Waals surface area contributed by atoms with Gasteiger partial charge in [-0.2, -0.15) is 13.2 Å². The molecule has 0 aromatic heterocycles. The Morgan fingerprint density at radius 3 is 2.21 bits per heavy atom. The third-order valence-electron chi connectivity index (χ3n) is 3.09. The van der Waals surface area contributed by atoms with Gasteiger partial charge >= 0.3 is 6.18 Å². The molecule has 1 unspecified atom stereocenters. The second-order valence-corrected chi connectivity index (χ2v) is 4.76. The maximum Gasteiger partial charge on any atom is 0.389 e. The van der Waals surface area contributed by atoms with E-state index in [4.69, 9.17) is 0 Å². The number of nitrogens with one attached hydrogen (secondary N) is 1. The number of rotatable bonds is 7. The minimum absolute atomic E-state index is 0.0878. The van der Waals surface area contributed by atoms with E-state index in [9.17, 15) is 13.2 Å². The summed E-state index contributed by atoms with van der Waals surface area (Å²) in [6.45, 7) is 4.68. The lowest BCUT2D eigenvalue weighted by molar-refractivity contribution is -0.136. The summed E-state index contributed by atoms with van der Waals surface area (Å²) < 4.78 is 36.9. The van der Waals surface area contributed by atoms with E-state index < -0.39 is 12.6 Å². The average Bonchev–Trinajstić information content (AvgIpc) is 2.35. The van der Waals surface area contributed by atoms with Gasteiger partial charge in [0.25, 0.3) is 0 Å². The Kier molecular flexibility index (Phi) is 6.35. The summed E-state index contributed by atoms with van der Waals surface area (Å²) in [5.74, 6) is 0. The van der Waals surface area contributed by atoms with Crippen molar-refractivity contribution in [3.8, 4) is 0 Å². The first kappa shape index (κ1) is 16.0. The van der Waals surface area contributed by atoms with Crippen molar-refractivity contribution in [2.24, 2.45) is 0 Å². The molecule has 0 heterocycles.